The van der Waals surface area contributed by atoms with Gasteiger partial charge in [0, 0.05) is 5.60 Å². The second-order valence-corrected chi connectivity index (χ2v) is 35.9. The first-order valence-corrected chi connectivity index (χ1v) is 20.0. The van der Waals surface area contributed by atoms with Gasteiger partial charge in [0.15, 0.2) is 7.83 Å². The number of carbonyl (C=O) groups is 1. The number of hydrogen-bond donors (Lipinski definition) is 1. The summed E-state index contributed by atoms with van der Waals surface area (Å²) in [5.74, 6) is -0.849. The maximum atomic E-state index is 11.2. The first-order chi connectivity index (χ1) is 11.3. The van der Waals surface area contributed by atoms with Crippen molar-refractivity contribution in [3.8, 4) is 0 Å². The van der Waals surface area contributed by atoms with Gasteiger partial charge in [-0.05, 0) is 56.2 Å². The first kappa shape index (κ1) is 20.6. The van der Waals surface area contributed by atoms with E-state index in [-0.39, 0.29) is 5.60 Å². The highest BCUT2D eigenvalue weighted by atomic mass is 29.6. The van der Waals surface area contributed by atoms with E-state index in [0.29, 0.717) is 11.1 Å². The zero-order chi connectivity index (χ0) is 19.3. The molecular formula is C19H34O3Si3. The van der Waals surface area contributed by atoms with Crippen LogP contribution in [0, 0.1) is 0 Å². The third-order valence-corrected chi connectivity index (χ3v) is 47.8. The molecule has 0 bridgehead atoms. The van der Waals surface area contributed by atoms with E-state index in [0.717, 1.165) is 6.42 Å². The Hall–Kier alpha value is -0.699. The highest BCUT2D eigenvalue weighted by molar-refractivity contribution is 7.68. The number of benzene rings is 1. The van der Waals surface area contributed by atoms with Crippen LogP contribution in [0.4, 0.5) is 0 Å². The van der Waals surface area contributed by atoms with Gasteiger partial charge in [0.2, 0.25) is 0 Å². The van der Waals surface area contributed by atoms with Crippen molar-refractivity contribution in [3.63, 3.8) is 0 Å². The second-order valence-electron chi connectivity index (χ2n) is 9.48. The molecule has 2 rings (SSSR count). The first-order valence-electron chi connectivity index (χ1n) is 9.31. The van der Waals surface area contributed by atoms with Crippen molar-refractivity contribution in [2.45, 2.75) is 77.1 Å². The maximum absolute atomic E-state index is 11.2. The van der Waals surface area contributed by atoms with Gasteiger partial charge in [0.25, 0.3) is 0 Å². The molecule has 1 aliphatic rings. The molecule has 1 heterocycles. The summed E-state index contributed by atoms with van der Waals surface area (Å²) in [5.41, 5.74) is 2.26. The van der Waals surface area contributed by atoms with Gasteiger partial charge in [-0.1, -0.05) is 45.1 Å². The van der Waals surface area contributed by atoms with Crippen LogP contribution in [-0.2, 0) is 4.43 Å². The van der Waals surface area contributed by atoms with E-state index in [1.807, 2.05) is 0 Å². The SMILES string of the molecule is CCC(c1ccc(C(=O)O)cc1)[Si]1(C)CC(C)(C)O[Si](C)(C)[Si]1(C)C. The van der Waals surface area contributed by atoms with E-state index in [4.69, 9.17) is 4.43 Å². The number of rotatable bonds is 4. The normalized spacial score (nSPS) is 28.3. The third-order valence-electron chi connectivity index (χ3n) is 6.99. The van der Waals surface area contributed by atoms with Gasteiger partial charge < -0.3 is 9.53 Å². The molecule has 140 valence electrons. The molecule has 2 atom stereocenters. The summed E-state index contributed by atoms with van der Waals surface area (Å²) < 4.78 is 6.71. The zero-order valence-corrected chi connectivity index (χ0v) is 20.1. The lowest BCUT2D eigenvalue weighted by atomic mass is 10.1. The quantitative estimate of drug-likeness (QED) is 0.698. The summed E-state index contributed by atoms with van der Waals surface area (Å²) in [6.07, 6.45) is 1.13. The molecule has 1 saturated heterocycles. The number of hydrogen-bond acceptors (Lipinski definition) is 2. The van der Waals surface area contributed by atoms with Gasteiger partial charge in [-0.15, -0.1) is 0 Å². The average molecular weight is 395 g/mol. The van der Waals surface area contributed by atoms with Gasteiger partial charge in [-0.3, -0.25) is 0 Å². The standard InChI is InChI=1S/C19H34O3Si3/c1-9-17(15-10-12-16(13-11-15)18(20)21)25(8)14-19(2,3)22-23(4,5)24(25,6)7/h10-13,17H,9,14H2,1-8H3,(H,20,21). The predicted molar refractivity (Wildman–Crippen MR) is 113 cm³/mol. The molecule has 0 amide bonds. The van der Waals surface area contributed by atoms with Crippen molar-refractivity contribution in [2.24, 2.45) is 0 Å². The van der Waals surface area contributed by atoms with Gasteiger partial charge in [-0.2, -0.15) is 0 Å². The monoisotopic (exact) mass is 394 g/mol. The molecule has 6 heteroatoms. The molecule has 0 aromatic heterocycles. The van der Waals surface area contributed by atoms with Crippen LogP contribution in [0.15, 0.2) is 24.3 Å². The number of carboxylic acids is 1. The molecule has 1 aromatic rings. The molecule has 2 unspecified atom stereocenters. The van der Waals surface area contributed by atoms with E-state index in [1.54, 1.807) is 12.1 Å². The van der Waals surface area contributed by atoms with E-state index in [1.165, 1.54) is 11.6 Å². The molecule has 0 spiro atoms. The Bertz CT molecular complexity index is 652. The summed E-state index contributed by atoms with van der Waals surface area (Å²) in [5, 5.41) is 9.20. The van der Waals surface area contributed by atoms with Crippen LogP contribution in [0.5, 0.6) is 0 Å². The lowest BCUT2D eigenvalue weighted by Crippen LogP contribution is -2.80. The fourth-order valence-corrected chi connectivity index (χ4v) is 40.8. The van der Waals surface area contributed by atoms with Crippen LogP contribution in [0.25, 0.3) is 0 Å². The Kier molecular flexibility index (Phi) is 5.34. The van der Waals surface area contributed by atoms with Crippen LogP contribution in [-0.4, -0.2) is 39.2 Å². The van der Waals surface area contributed by atoms with Crippen LogP contribution in [0.3, 0.4) is 0 Å². The summed E-state index contributed by atoms with van der Waals surface area (Å²) in [4.78, 5) is 11.2. The predicted octanol–water partition coefficient (Wildman–Crippen LogP) is 5.38. The largest absolute Gasteiger partial charge is 0.478 e. The minimum absolute atomic E-state index is 0.0341. The third kappa shape index (κ3) is 3.46. The van der Waals surface area contributed by atoms with E-state index in [2.05, 4.69) is 65.6 Å². The van der Waals surface area contributed by atoms with Crippen molar-refractivity contribution in [3.05, 3.63) is 35.4 Å². The fourth-order valence-electron chi connectivity index (χ4n) is 5.12. The maximum Gasteiger partial charge on any atom is 0.335 e. The summed E-state index contributed by atoms with van der Waals surface area (Å²) in [7, 11) is -4.87. The Morgan fingerprint density at radius 1 is 1.16 bits per heavy atom. The van der Waals surface area contributed by atoms with Crippen molar-refractivity contribution < 1.29 is 14.3 Å². The van der Waals surface area contributed by atoms with Crippen LogP contribution >= 0.6 is 0 Å². The van der Waals surface area contributed by atoms with Gasteiger partial charge >= 0.3 is 5.97 Å². The van der Waals surface area contributed by atoms with Crippen molar-refractivity contribution >= 4 is 28.5 Å². The van der Waals surface area contributed by atoms with Crippen molar-refractivity contribution in [1.29, 1.82) is 0 Å². The molecule has 1 aromatic carbocycles. The van der Waals surface area contributed by atoms with Crippen LogP contribution < -0.4 is 0 Å². The minimum atomic E-state index is -1.72. The van der Waals surface area contributed by atoms with E-state index >= 15 is 0 Å². The highest BCUT2D eigenvalue weighted by Crippen LogP contribution is 2.50. The molecule has 0 radical (unpaired) electrons. The summed E-state index contributed by atoms with van der Waals surface area (Å²) in [6.45, 7) is 19.5. The molecule has 0 aliphatic carbocycles. The molecule has 1 aliphatic heterocycles. The molecule has 25 heavy (non-hydrogen) atoms. The number of aromatic carboxylic acids is 1. The average Bonchev–Trinajstić information content (AvgIpc) is 2.45. The van der Waals surface area contributed by atoms with Crippen LogP contribution in [0.2, 0.25) is 38.8 Å². The van der Waals surface area contributed by atoms with E-state index in [9.17, 15) is 9.90 Å². The fraction of sp³-hybridized carbons (Fsp3) is 0.632. The topological polar surface area (TPSA) is 46.5 Å². The number of carboxylic acid groups (broad SMARTS) is 1. The molecule has 3 nitrogen and oxygen atoms in total. The lowest BCUT2D eigenvalue weighted by molar-refractivity contribution is 0.0697. The lowest BCUT2D eigenvalue weighted by Gasteiger charge is -2.61. The molecule has 1 fully saturated rings. The smallest absolute Gasteiger partial charge is 0.335 e. The zero-order valence-electron chi connectivity index (χ0n) is 17.1. The molecule has 1 N–H and O–H groups in total. The van der Waals surface area contributed by atoms with E-state index < -0.39 is 28.5 Å². The minimum Gasteiger partial charge on any atom is -0.478 e. The summed E-state index contributed by atoms with van der Waals surface area (Å²) in [6, 6.07) is 8.89. The summed E-state index contributed by atoms with van der Waals surface area (Å²) >= 11 is 0. The highest BCUT2D eigenvalue weighted by Gasteiger charge is 2.64. The van der Waals surface area contributed by atoms with Crippen molar-refractivity contribution in [2.75, 3.05) is 0 Å². The Balaban J connectivity index is 2.54. The van der Waals surface area contributed by atoms with Gasteiger partial charge in [0.05, 0.1) is 20.3 Å². The Labute approximate surface area is 155 Å². The Morgan fingerprint density at radius 2 is 1.68 bits per heavy atom. The van der Waals surface area contributed by atoms with Crippen molar-refractivity contribution in [1.82, 2.24) is 0 Å². The van der Waals surface area contributed by atoms with Gasteiger partial charge in [-0.25, -0.2) is 4.79 Å². The Morgan fingerprint density at radius 3 is 2.12 bits per heavy atom. The van der Waals surface area contributed by atoms with Crippen LogP contribution in [0.1, 0.15) is 48.7 Å². The molecular weight excluding hydrogens is 360 g/mol. The van der Waals surface area contributed by atoms with Gasteiger partial charge in [0.1, 0.15) is 0 Å². The molecule has 0 saturated carbocycles. The second kappa shape index (κ2) is 6.48.